The Morgan fingerprint density at radius 2 is 0.924 bits per heavy atom. The number of primary amides is 1. The van der Waals surface area contributed by atoms with Gasteiger partial charge in [0.05, 0.1) is 6.54 Å². The van der Waals surface area contributed by atoms with Gasteiger partial charge in [-0.05, 0) is 93.6 Å². The Labute approximate surface area is 413 Å². The molecule has 4 heterocycles. The summed E-state index contributed by atoms with van der Waals surface area (Å²) in [7, 11) is 0. The van der Waals surface area contributed by atoms with Crippen molar-refractivity contribution in [3.8, 4) is 0 Å². The number of aromatic amines is 4. The SMILES string of the molecule is CC(C)(C)OC(=O)NCc1cc(=O)c2cc(Br)ccc2[nH]1.Cl.NC(=O)c1cc(=O)c2cc(Br)ccc2[nH]1.NCc1cc(=O)c2cc(Br)ccc2[nH]1.O=C(O)c1cc(=O)c2cc(Br)ccc2[nH]1. The molecule has 0 bridgehead atoms. The molecule has 0 atom stereocenters. The number of H-pyrrole nitrogens is 4. The molecule has 10 N–H and O–H groups in total. The van der Waals surface area contributed by atoms with Gasteiger partial charge in [-0.2, -0.15) is 0 Å². The third kappa shape index (κ3) is 14.6. The number of ether oxygens (including phenoxy) is 1. The van der Waals surface area contributed by atoms with Crippen molar-refractivity contribution >= 4 is 138 Å². The molecule has 344 valence electrons. The lowest BCUT2D eigenvalue weighted by Crippen LogP contribution is -2.32. The van der Waals surface area contributed by atoms with Crippen molar-refractivity contribution in [2.45, 2.75) is 39.5 Å². The third-order valence-corrected chi connectivity index (χ3v) is 10.8. The molecule has 2 amide bonds. The lowest BCUT2D eigenvalue weighted by atomic mass is 10.2. The Bertz CT molecular complexity index is 3260. The number of aromatic nitrogens is 4. The van der Waals surface area contributed by atoms with E-state index in [1.807, 2.05) is 24.3 Å². The molecule has 0 saturated carbocycles. The number of carbonyl (C=O) groups is 3. The second kappa shape index (κ2) is 23.0. The van der Waals surface area contributed by atoms with E-state index in [2.05, 4.69) is 89.0 Å². The number of fused-ring (bicyclic) bond motifs is 4. The summed E-state index contributed by atoms with van der Waals surface area (Å²) in [6, 6.07) is 26.5. The van der Waals surface area contributed by atoms with Crippen LogP contribution in [0.25, 0.3) is 43.6 Å². The molecule has 16 nitrogen and oxygen atoms in total. The fourth-order valence-corrected chi connectivity index (χ4v) is 7.37. The van der Waals surface area contributed by atoms with Crippen molar-refractivity contribution in [2.24, 2.45) is 11.5 Å². The van der Waals surface area contributed by atoms with E-state index in [9.17, 15) is 33.6 Å². The summed E-state index contributed by atoms with van der Waals surface area (Å²) in [5.74, 6) is -1.78. The fourth-order valence-electron chi connectivity index (χ4n) is 5.92. The monoisotopic (exact) mass is 1170 g/mol. The predicted octanol–water partition coefficient (Wildman–Crippen LogP) is 8.86. The summed E-state index contributed by atoms with van der Waals surface area (Å²) in [5.41, 5.74) is 13.4. The van der Waals surface area contributed by atoms with Crippen LogP contribution >= 0.6 is 76.1 Å². The van der Waals surface area contributed by atoms with Crippen LogP contribution in [-0.4, -0.2) is 48.6 Å². The summed E-state index contributed by atoms with van der Waals surface area (Å²) < 4.78 is 8.48. The number of aromatic carboxylic acids is 1. The summed E-state index contributed by atoms with van der Waals surface area (Å²) in [4.78, 5) is 91.7. The van der Waals surface area contributed by atoms with Crippen LogP contribution in [0.5, 0.6) is 0 Å². The highest BCUT2D eigenvalue weighted by molar-refractivity contribution is 9.11. The van der Waals surface area contributed by atoms with Gasteiger partial charge in [-0.1, -0.05) is 63.7 Å². The number of carboxylic acid groups (broad SMARTS) is 1. The fraction of sp³-hybridized carbons (Fsp3) is 0.133. The van der Waals surface area contributed by atoms with Gasteiger partial charge in [0, 0.05) is 104 Å². The maximum atomic E-state index is 12.0. The van der Waals surface area contributed by atoms with Gasteiger partial charge in [0.2, 0.25) is 0 Å². The number of hydrogen-bond acceptors (Lipinski definition) is 9. The number of rotatable bonds is 5. The molecule has 21 heteroatoms. The molecule has 0 radical (unpaired) electrons. The van der Waals surface area contributed by atoms with Crippen molar-refractivity contribution in [1.29, 1.82) is 0 Å². The van der Waals surface area contributed by atoms with Gasteiger partial charge >= 0.3 is 12.1 Å². The zero-order valence-electron chi connectivity index (χ0n) is 34.9. The largest absolute Gasteiger partial charge is 0.477 e. The summed E-state index contributed by atoms with van der Waals surface area (Å²) >= 11 is 13.2. The smallest absolute Gasteiger partial charge is 0.407 e. The van der Waals surface area contributed by atoms with Crippen LogP contribution in [0.4, 0.5) is 4.79 Å². The Morgan fingerprint density at radius 1 is 0.576 bits per heavy atom. The molecule has 0 fully saturated rings. The van der Waals surface area contributed by atoms with E-state index in [4.69, 9.17) is 21.3 Å². The van der Waals surface area contributed by atoms with E-state index in [0.717, 1.165) is 40.7 Å². The van der Waals surface area contributed by atoms with Gasteiger partial charge in [0.25, 0.3) is 5.91 Å². The highest BCUT2D eigenvalue weighted by atomic mass is 79.9. The number of nitrogens with one attached hydrogen (secondary N) is 5. The molecule has 8 aromatic rings. The van der Waals surface area contributed by atoms with Crippen LogP contribution in [0.1, 0.15) is 53.1 Å². The molecule has 0 aliphatic rings. The summed E-state index contributed by atoms with van der Waals surface area (Å²) in [6.07, 6.45) is -0.515. The Balaban J connectivity index is 0.000000194. The first-order chi connectivity index (χ1) is 30.6. The van der Waals surface area contributed by atoms with E-state index in [-0.39, 0.29) is 52.1 Å². The maximum Gasteiger partial charge on any atom is 0.407 e. The van der Waals surface area contributed by atoms with Crippen LogP contribution in [-0.2, 0) is 17.8 Å². The van der Waals surface area contributed by atoms with Crippen molar-refractivity contribution in [2.75, 3.05) is 0 Å². The van der Waals surface area contributed by atoms with E-state index in [1.54, 1.807) is 69.3 Å². The standard InChI is InChI=1S/C15H17BrN2O3.C10H7BrN2O2.C10H9BrN2O.C10H6BrNO3.ClH/c1-15(2,3)21-14(20)17-8-10-7-13(19)11-6-9(16)4-5-12(11)18-10;11-5-1-2-7-6(3-5)9(14)4-8(13-7)10(12)15;11-6-1-2-9-8(3-6)10(14)4-7(5-12)13-9;11-5-1-2-7-6(3-5)9(13)4-8(12-7)10(14)15;/h4-7H,8H2,1-3H3,(H,17,20)(H,18,19);1-4H,(H2,12,15)(H,13,14);1-4H,5,12H2,(H,13,14);1-4H,(H,12,13)(H,14,15);1H. The average molecular weight is 1180 g/mol. The molecule has 66 heavy (non-hydrogen) atoms. The first-order valence-electron chi connectivity index (χ1n) is 19.1. The minimum atomic E-state index is -1.14. The Morgan fingerprint density at radius 3 is 1.30 bits per heavy atom. The zero-order chi connectivity index (χ0) is 47.7. The van der Waals surface area contributed by atoms with Gasteiger partial charge in [-0.3, -0.25) is 24.0 Å². The summed E-state index contributed by atoms with van der Waals surface area (Å²) in [6.45, 7) is 5.93. The minimum Gasteiger partial charge on any atom is -0.477 e. The normalized spacial score (nSPS) is 10.7. The second-order valence-electron chi connectivity index (χ2n) is 14.9. The first kappa shape index (κ1) is 52.7. The number of alkyl carbamates (subject to hydrolysis) is 1. The van der Waals surface area contributed by atoms with E-state index >= 15 is 0 Å². The lowest BCUT2D eigenvalue weighted by Gasteiger charge is -2.19. The lowest BCUT2D eigenvalue weighted by molar-refractivity contribution is 0.0522. The number of nitrogens with two attached hydrogens (primary N) is 2. The number of carbonyl (C=O) groups excluding carboxylic acids is 2. The highest BCUT2D eigenvalue weighted by Crippen LogP contribution is 2.19. The number of amides is 2. The van der Waals surface area contributed by atoms with Gasteiger partial charge in [0.1, 0.15) is 17.0 Å². The summed E-state index contributed by atoms with van der Waals surface area (Å²) in [5, 5.41) is 13.6. The molecule has 4 aromatic heterocycles. The number of pyridine rings is 4. The van der Waals surface area contributed by atoms with Crippen LogP contribution < -0.4 is 38.5 Å². The molecule has 4 aromatic carbocycles. The van der Waals surface area contributed by atoms with Gasteiger partial charge in [-0.15, -0.1) is 12.4 Å². The quantitative estimate of drug-likeness (QED) is 0.0810. The van der Waals surface area contributed by atoms with E-state index in [1.165, 1.54) is 18.2 Å². The minimum absolute atomic E-state index is 0. The van der Waals surface area contributed by atoms with Gasteiger partial charge < -0.3 is 46.6 Å². The number of halogens is 5. The molecular formula is C45H40Br4ClN7O9. The Kier molecular flexibility index (Phi) is 18.4. The topological polar surface area (TPSA) is 276 Å². The predicted molar refractivity (Wildman–Crippen MR) is 273 cm³/mol. The molecule has 8 rings (SSSR count). The number of benzene rings is 4. The zero-order valence-corrected chi connectivity index (χ0v) is 42.1. The average Bonchev–Trinajstić information content (AvgIpc) is 3.24. The Hall–Kier alpha value is -5.90. The van der Waals surface area contributed by atoms with Crippen molar-refractivity contribution in [3.63, 3.8) is 0 Å². The van der Waals surface area contributed by atoms with Crippen LogP contribution in [0, 0.1) is 0 Å². The maximum absolute atomic E-state index is 12.0. The molecule has 0 aliphatic heterocycles. The molecule has 0 spiro atoms. The molecule has 0 unspecified atom stereocenters. The van der Waals surface area contributed by atoms with Crippen LogP contribution in [0.3, 0.4) is 0 Å². The van der Waals surface area contributed by atoms with Crippen molar-refractivity contribution < 1.29 is 24.2 Å². The molecule has 0 saturated heterocycles. The van der Waals surface area contributed by atoms with E-state index < -0.39 is 23.6 Å². The first-order valence-corrected chi connectivity index (χ1v) is 22.3. The van der Waals surface area contributed by atoms with Gasteiger partial charge in [0.15, 0.2) is 21.7 Å². The number of hydrogen-bond donors (Lipinski definition) is 8. The molecule has 0 aliphatic carbocycles. The van der Waals surface area contributed by atoms with Gasteiger partial charge in [-0.25, -0.2) is 9.59 Å². The van der Waals surface area contributed by atoms with Crippen molar-refractivity contribution in [1.82, 2.24) is 25.3 Å². The highest BCUT2D eigenvalue weighted by Gasteiger charge is 2.16. The molecular weight excluding hydrogens is 1140 g/mol. The second-order valence-corrected chi connectivity index (χ2v) is 18.6. The third-order valence-electron chi connectivity index (χ3n) is 8.82. The van der Waals surface area contributed by atoms with E-state index in [0.29, 0.717) is 44.8 Å². The van der Waals surface area contributed by atoms with Crippen LogP contribution in [0.2, 0.25) is 0 Å². The van der Waals surface area contributed by atoms with Crippen LogP contribution in [0.15, 0.2) is 134 Å². The number of carboxylic acids is 1. The van der Waals surface area contributed by atoms with Crippen molar-refractivity contribution in [3.05, 3.63) is 179 Å².